The smallest absolute Gasteiger partial charge is 0.273 e. The van der Waals surface area contributed by atoms with E-state index in [1.165, 1.54) is 18.5 Å². The van der Waals surface area contributed by atoms with Crippen molar-refractivity contribution in [1.29, 1.82) is 0 Å². The van der Waals surface area contributed by atoms with Crippen LogP contribution in [0.1, 0.15) is 17.4 Å². The summed E-state index contributed by atoms with van der Waals surface area (Å²) >= 11 is 0. The molecule has 0 fully saturated rings. The first-order chi connectivity index (χ1) is 8.20. The standard InChI is InChI=1S/C11H12N4O2.U/c1-2-13-10(16)8-6-17-11(15-8)7-3-4-14-9(12)5-7;/h3-6H,2H2,1H3,(H3,12,13,14,16);/p-1. The van der Waals surface area contributed by atoms with E-state index >= 15 is 0 Å². The number of hydrogen-bond acceptors (Lipinski definition) is 4. The van der Waals surface area contributed by atoms with Gasteiger partial charge in [0.2, 0.25) is 5.89 Å². The van der Waals surface area contributed by atoms with E-state index in [9.17, 15) is 4.79 Å². The van der Waals surface area contributed by atoms with E-state index in [1.807, 2.05) is 6.92 Å². The van der Waals surface area contributed by atoms with Crippen LogP contribution in [-0.2, 0) is 0 Å². The van der Waals surface area contributed by atoms with Crippen LogP contribution in [0, 0.1) is 31.1 Å². The first-order valence-corrected chi connectivity index (χ1v) is 5.12. The summed E-state index contributed by atoms with van der Waals surface area (Å²) in [7, 11) is 0. The largest absolute Gasteiger partial charge is 0.482 e. The van der Waals surface area contributed by atoms with Crippen molar-refractivity contribution in [1.82, 2.24) is 15.3 Å². The van der Waals surface area contributed by atoms with Gasteiger partial charge in [0.15, 0.2) is 5.69 Å². The van der Waals surface area contributed by atoms with Crippen LogP contribution in [-0.4, -0.2) is 22.4 Å². The van der Waals surface area contributed by atoms with Crippen molar-refractivity contribution in [2.24, 2.45) is 0 Å². The summed E-state index contributed by atoms with van der Waals surface area (Å²) in [5, 5.41) is 2.63. The topological polar surface area (TPSA) is 91.8 Å². The van der Waals surface area contributed by atoms with E-state index in [-0.39, 0.29) is 48.5 Å². The molecule has 0 spiro atoms. The van der Waals surface area contributed by atoms with Gasteiger partial charge in [0.25, 0.3) is 5.91 Å². The summed E-state index contributed by atoms with van der Waals surface area (Å²) in [5.41, 5.74) is 8.24. The monoisotopic (exact) mass is 469 g/mol. The van der Waals surface area contributed by atoms with Gasteiger partial charge in [0.1, 0.15) is 6.26 Å². The number of pyridine rings is 1. The van der Waals surface area contributed by atoms with Crippen LogP contribution in [0.15, 0.2) is 29.0 Å². The van der Waals surface area contributed by atoms with Crippen molar-refractivity contribution in [2.45, 2.75) is 6.92 Å². The van der Waals surface area contributed by atoms with Gasteiger partial charge in [0.05, 0.1) is 0 Å². The van der Waals surface area contributed by atoms with Gasteiger partial charge in [-0.15, -0.1) is 0 Å². The van der Waals surface area contributed by atoms with Gasteiger partial charge in [-0.2, -0.15) is 0 Å². The molecule has 2 rings (SSSR count). The fourth-order valence-electron chi connectivity index (χ4n) is 1.33. The number of nitrogens with zero attached hydrogens (tertiary/aromatic N) is 2. The van der Waals surface area contributed by atoms with Crippen LogP contribution < -0.4 is 5.32 Å². The molecule has 92 valence electrons. The van der Waals surface area contributed by atoms with Gasteiger partial charge in [-0.1, -0.05) is 24.1 Å². The second-order valence-electron chi connectivity index (χ2n) is 3.33. The van der Waals surface area contributed by atoms with Crippen LogP contribution in [0.3, 0.4) is 0 Å². The number of carbonyl (C=O) groups excluding carboxylic acids is 1. The Bertz CT molecular complexity index is 541. The first-order valence-electron chi connectivity index (χ1n) is 5.12. The van der Waals surface area contributed by atoms with Gasteiger partial charge in [-0.25, -0.2) is 4.98 Å². The molecule has 0 bridgehead atoms. The van der Waals surface area contributed by atoms with Crippen molar-refractivity contribution < 1.29 is 40.3 Å². The first kappa shape index (κ1) is 14.7. The maximum atomic E-state index is 11.5. The van der Waals surface area contributed by atoms with E-state index in [1.54, 1.807) is 6.07 Å². The normalized spacial score (nSPS) is 9.61. The fourth-order valence-corrected chi connectivity index (χ4v) is 1.33. The van der Waals surface area contributed by atoms with E-state index in [4.69, 9.17) is 10.2 Å². The number of nitrogens with one attached hydrogen (secondary N) is 2. The third-order valence-electron chi connectivity index (χ3n) is 2.08. The van der Waals surface area contributed by atoms with Crippen molar-refractivity contribution in [2.75, 3.05) is 6.54 Å². The summed E-state index contributed by atoms with van der Waals surface area (Å²) in [5.74, 6) is 0.157. The number of oxazole rings is 1. The molecule has 0 aliphatic rings. The Morgan fingerprint density at radius 2 is 2.33 bits per heavy atom. The molecule has 1 amide bonds. The Balaban J connectivity index is 0.00000162. The summed E-state index contributed by atoms with van der Waals surface area (Å²) in [6, 6.07) is 3.19. The number of rotatable bonds is 3. The number of hydrogen-bond donors (Lipinski definition) is 1. The molecule has 2 heterocycles. The Kier molecular flexibility index (Phi) is 5.38. The SMILES string of the molecule is CCNC(=O)c1coc(-c2ccnc([NH-])c2)n1.[U]. The maximum Gasteiger partial charge on any atom is 0.273 e. The zero-order valence-corrected chi connectivity index (χ0v) is 13.9. The van der Waals surface area contributed by atoms with E-state index in [0.717, 1.165) is 0 Å². The second-order valence-corrected chi connectivity index (χ2v) is 3.33. The molecule has 0 aliphatic heterocycles. The summed E-state index contributed by atoms with van der Waals surface area (Å²) in [4.78, 5) is 19.3. The van der Waals surface area contributed by atoms with Crippen LogP contribution >= 0.6 is 0 Å². The van der Waals surface area contributed by atoms with Crippen molar-refractivity contribution in [3.05, 3.63) is 36.0 Å². The molecule has 0 atom stereocenters. The molecule has 2 aromatic heterocycles. The number of aromatic nitrogens is 2. The molecule has 6 nitrogen and oxygen atoms in total. The minimum absolute atomic E-state index is 0. The van der Waals surface area contributed by atoms with Gasteiger partial charge in [-0.3, -0.25) is 4.79 Å². The van der Waals surface area contributed by atoms with Crippen molar-refractivity contribution in [3.63, 3.8) is 0 Å². The maximum absolute atomic E-state index is 11.5. The predicted molar refractivity (Wildman–Crippen MR) is 61.7 cm³/mol. The van der Waals surface area contributed by atoms with Gasteiger partial charge in [0, 0.05) is 43.2 Å². The number of amides is 1. The average molecular weight is 469 g/mol. The Morgan fingerprint density at radius 3 is 3.00 bits per heavy atom. The summed E-state index contributed by atoms with van der Waals surface area (Å²) < 4.78 is 5.19. The van der Waals surface area contributed by atoms with E-state index < -0.39 is 0 Å². The quantitative estimate of drug-likeness (QED) is 0.746. The minimum Gasteiger partial charge on any atom is -0.482 e. The van der Waals surface area contributed by atoms with Gasteiger partial charge < -0.3 is 20.5 Å². The Morgan fingerprint density at radius 1 is 1.56 bits per heavy atom. The second kappa shape index (κ2) is 6.57. The van der Waals surface area contributed by atoms with Crippen LogP contribution in [0.2, 0.25) is 0 Å². The number of carbonyl (C=O) groups is 1. The third kappa shape index (κ3) is 3.34. The molecular formula is C11H11N4O2U-. The van der Waals surface area contributed by atoms with Crippen molar-refractivity contribution >= 4 is 11.7 Å². The average Bonchev–Trinajstić information content (AvgIpc) is 2.78. The molecule has 0 aromatic carbocycles. The molecule has 2 aromatic rings. The van der Waals surface area contributed by atoms with Crippen LogP contribution in [0.5, 0.6) is 0 Å². The zero-order chi connectivity index (χ0) is 12.3. The molecular weight excluding hydrogens is 458 g/mol. The molecule has 0 saturated carbocycles. The van der Waals surface area contributed by atoms with Crippen LogP contribution in [0.4, 0.5) is 5.82 Å². The zero-order valence-electron chi connectivity index (χ0n) is 9.73. The van der Waals surface area contributed by atoms with Gasteiger partial charge in [-0.05, 0) is 6.92 Å². The molecule has 0 unspecified atom stereocenters. The fraction of sp³-hybridized carbons (Fsp3) is 0.182. The molecule has 0 saturated heterocycles. The molecule has 2 N–H and O–H groups in total. The van der Waals surface area contributed by atoms with E-state index in [2.05, 4.69) is 15.3 Å². The third-order valence-corrected chi connectivity index (χ3v) is 2.08. The minimum atomic E-state index is -0.275. The Hall–Kier alpha value is -1.32. The van der Waals surface area contributed by atoms with Crippen molar-refractivity contribution in [3.8, 4) is 11.5 Å². The molecule has 18 heavy (non-hydrogen) atoms. The van der Waals surface area contributed by atoms with Gasteiger partial charge >= 0.3 is 0 Å². The molecule has 0 aliphatic carbocycles. The summed E-state index contributed by atoms with van der Waals surface area (Å²) in [6.45, 7) is 2.36. The Labute approximate surface area is 128 Å². The van der Waals surface area contributed by atoms with E-state index in [0.29, 0.717) is 18.0 Å². The molecule has 0 radical (unpaired) electrons. The van der Waals surface area contributed by atoms with Crippen LogP contribution in [0.25, 0.3) is 17.2 Å². The summed E-state index contributed by atoms with van der Waals surface area (Å²) in [6.07, 6.45) is 2.79. The molecule has 7 heteroatoms. The predicted octanol–water partition coefficient (Wildman–Crippen LogP) is 2.17.